The van der Waals surface area contributed by atoms with E-state index < -0.39 is 11.5 Å². The molecule has 0 amide bonds. The SMILES string of the molecule is CC(=O)COc1cc(F)c(C=O)nc1Cl. The first kappa shape index (κ1) is 11.6. The van der Waals surface area contributed by atoms with E-state index in [2.05, 4.69) is 4.98 Å². The highest BCUT2D eigenvalue weighted by Crippen LogP contribution is 2.23. The van der Waals surface area contributed by atoms with Crippen LogP contribution in [0.25, 0.3) is 0 Å². The van der Waals surface area contributed by atoms with Gasteiger partial charge in [0.15, 0.2) is 28.8 Å². The fraction of sp³-hybridized carbons (Fsp3) is 0.222. The lowest BCUT2D eigenvalue weighted by atomic mass is 10.3. The van der Waals surface area contributed by atoms with Gasteiger partial charge in [-0.05, 0) is 6.92 Å². The van der Waals surface area contributed by atoms with E-state index in [-0.39, 0.29) is 29.6 Å². The molecule has 1 aromatic heterocycles. The van der Waals surface area contributed by atoms with Gasteiger partial charge in [0.1, 0.15) is 12.3 Å². The topological polar surface area (TPSA) is 56.3 Å². The average Bonchev–Trinajstić information content (AvgIpc) is 2.18. The van der Waals surface area contributed by atoms with E-state index in [0.29, 0.717) is 0 Å². The fourth-order valence-electron chi connectivity index (χ4n) is 0.826. The van der Waals surface area contributed by atoms with Gasteiger partial charge in [-0.25, -0.2) is 9.37 Å². The molecular formula is C9H7ClFNO3. The van der Waals surface area contributed by atoms with E-state index in [9.17, 15) is 14.0 Å². The molecule has 0 saturated heterocycles. The minimum atomic E-state index is -0.840. The second-order valence-corrected chi connectivity index (χ2v) is 3.11. The number of hydrogen-bond donors (Lipinski definition) is 0. The fourth-order valence-corrected chi connectivity index (χ4v) is 1.03. The van der Waals surface area contributed by atoms with E-state index in [1.165, 1.54) is 6.92 Å². The van der Waals surface area contributed by atoms with E-state index in [4.69, 9.17) is 16.3 Å². The van der Waals surface area contributed by atoms with E-state index in [0.717, 1.165) is 6.07 Å². The Balaban J connectivity index is 2.94. The number of ether oxygens (including phenoxy) is 1. The van der Waals surface area contributed by atoms with Gasteiger partial charge < -0.3 is 4.74 Å². The van der Waals surface area contributed by atoms with Gasteiger partial charge in [-0.3, -0.25) is 9.59 Å². The highest BCUT2D eigenvalue weighted by molar-refractivity contribution is 6.30. The number of Topliss-reactive ketones (excluding diaryl/α,β-unsaturated/α-hetero) is 1. The Morgan fingerprint density at radius 1 is 1.73 bits per heavy atom. The smallest absolute Gasteiger partial charge is 0.171 e. The summed E-state index contributed by atoms with van der Waals surface area (Å²) in [6, 6.07) is 0.919. The molecule has 4 nitrogen and oxygen atoms in total. The maximum atomic E-state index is 13.0. The molecule has 0 aliphatic carbocycles. The van der Waals surface area contributed by atoms with Crippen molar-refractivity contribution in [2.75, 3.05) is 6.61 Å². The molecule has 6 heteroatoms. The Hall–Kier alpha value is -1.49. The van der Waals surface area contributed by atoms with Crippen LogP contribution in [0.5, 0.6) is 5.75 Å². The molecule has 0 spiro atoms. The van der Waals surface area contributed by atoms with Crippen molar-refractivity contribution in [1.29, 1.82) is 0 Å². The Labute approximate surface area is 90.0 Å². The summed E-state index contributed by atoms with van der Waals surface area (Å²) in [5.41, 5.74) is -0.393. The molecule has 0 bridgehead atoms. The molecule has 0 fully saturated rings. The first-order valence-electron chi connectivity index (χ1n) is 3.98. The van der Waals surface area contributed by atoms with Crippen molar-refractivity contribution in [3.05, 3.63) is 22.7 Å². The Morgan fingerprint density at radius 3 is 2.93 bits per heavy atom. The van der Waals surface area contributed by atoms with Gasteiger partial charge in [-0.1, -0.05) is 11.6 Å². The number of carbonyl (C=O) groups excluding carboxylic acids is 2. The molecule has 0 atom stereocenters. The zero-order chi connectivity index (χ0) is 11.4. The first-order chi connectivity index (χ1) is 7.04. The summed E-state index contributed by atoms with van der Waals surface area (Å²) in [4.78, 5) is 24.4. The van der Waals surface area contributed by atoms with Crippen LogP contribution in [0.4, 0.5) is 4.39 Å². The number of ketones is 1. The maximum Gasteiger partial charge on any atom is 0.171 e. The van der Waals surface area contributed by atoms with Crippen molar-refractivity contribution >= 4 is 23.7 Å². The first-order valence-corrected chi connectivity index (χ1v) is 4.36. The Kier molecular flexibility index (Phi) is 3.74. The van der Waals surface area contributed by atoms with E-state index in [1.54, 1.807) is 0 Å². The van der Waals surface area contributed by atoms with Crippen molar-refractivity contribution < 1.29 is 18.7 Å². The third kappa shape index (κ3) is 2.99. The highest BCUT2D eigenvalue weighted by atomic mass is 35.5. The minimum absolute atomic E-state index is 0.0602. The quantitative estimate of drug-likeness (QED) is 0.584. The van der Waals surface area contributed by atoms with Gasteiger partial charge in [0.05, 0.1) is 0 Å². The van der Waals surface area contributed by atoms with Crippen LogP contribution in [0.1, 0.15) is 17.4 Å². The van der Waals surface area contributed by atoms with Crippen LogP contribution in [0.15, 0.2) is 6.07 Å². The third-order valence-corrected chi connectivity index (χ3v) is 1.74. The van der Waals surface area contributed by atoms with Crippen molar-refractivity contribution in [3.63, 3.8) is 0 Å². The molecule has 0 N–H and O–H groups in total. The molecule has 15 heavy (non-hydrogen) atoms. The van der Waals surface area contributed by atoms with Gasteiger partial charge in [-0.15, -0.1) is 0 Å². The number of aromatic nitrogens is 1. The largest absolute Gasteiger partial charge is 0.483 e. The number of halogens is 2. The molecule has 1 heterocycles. The third-order valence-electron chi connectivity index (χ3n) is 1.47. The molecule has 80 valence electrons. The molecule has 0 aliphatic heterocycles. The van der Waals surface area contributed by atoms with Gasteiger partial charge in [-0.2, -0.15) is 0 Å². The number of nitrogens with zero attached hydrogens (tertiary/aromatic N) is 1. The zero-order valence-corrected chi connectivity index (χ0v) is 8.55. The van der Waals surface area contributed by atoms with Gasteiger partial charge >= 0.3 is 0 Å². The average molecular weight is 232 g/mol. The van der Waals surface area contributed by atoms with E-state index >= 15 is 0 Å². The van der Waals surface area contributed by atoms with Crippen LogP contribution in [0, 0.1) is 5.82 Å². The molecule has 0 unspecified atom stereocenters. The lowest BCUT2D eigenvalue weighted by Gasteiger charge is -2.05. The Bertz CT molecular complexity index is 409. The van der Waals surface area contributed by atoms with E-state index in [1.807, 2.05) is 0 Å². The molecule has 1 aromatic rings. The number of carbonyl (C=O) groups is 2. The zero-order valence-electron chi connectivity index (χ0n) is 7.79. The van der Waals surface area contributed by atoms with Crippen molar-refractivity contribution in [1.82, 2.24) is 4.98 Å². The van der Waals surface area contributed by atoms with Crippen LogP contribution in [0.2, 0.25) is 5.15 Å². The van der Waals surface area contributed by atoms with Crippen molar-refractivity contribution in [3.8, 4) is 5.75 Å². The van der Waals surface area contributed by atoms with Gasteiger partial charge in [0.25, 0.3) is 0 Å². The number of rotatable bonds is 4. The number of aldehydes is 1. The second-order valence-electron chi connectivity index (χ2n) is 2.75. The number of pyridine rings is 1. The summed E-state index contributed by atoms with van der Waals surface area (Å²) in [5.74, 6) is -1.13. The predicted molar refractivity (Wildman–Crippen MR) is 50.8 cm³/mol. The molecule has 0 aromatic carbocycles. The van der Waals surface area contributed by atoms with Gasteiger partial charge in [0, 0.05) is 6.07 Å². The molecule has 1 rings (SSSR count). The second kappa shape index (κ2) is 4.84. The molecule has 0 saturated carbocycles. The number of hydrogen-bond acceptors (Lipinski definition) is 4. The van der Waals surface area contributed by atoms with Crippen molar-refractivity contribution in [2.24, 2.45) is 0 Å². The lowest BCUT2D eigenvalue weighted by Crippen LogP contribution is -2.08. The lowest BCUT2D eigenvalue weighted by molar-refractivity contribution is -0.118. The monoisotopic (exact) mass is 231 g/mol. The minimum Gasteiger partial charge on any atom is -0.483 e. The summed E-state index contributed by atoms with van der Waals surface area (Å²) in [6.07, 6.45) is 0.246. The normalized spacial score (nSPS) is 9.80. The molecule has 0 radical (unpaired) electrons. The van der Waals surface area contributed by atoms with Crippen LogP contribution in [0.3, 0.4) is 0 Å². The Morgan fingerprint density at radius 2 is 2.40 bits per heavy atom. The molecule has 0 aliphatic rings. The van der Waals surface area contributed by atoms with Crippen LogP contribution >= 0.6 is 11.6 Å². The summed E-state index contributed by atoms with van der Waals surface area (Å²) >= 11 is 5.59. The van der Waals surface area contributed by atoms with Gasteiger partial charge in [0.2, 0.25) is 0 Å². The van der Waals surface area contributed by atoms with Crippen LogP contribution in [-0.4, -0.2) is 23.7 Å². The standard InChI is InChI=1S/C9H7ClFNO3/c1-5(14)4-15-8-2-6(11)7(3-13)12-9(8)10/h2-3H,4H2,1H3. The highest BCUT2D eigenvalue weighted by Gasteiger charge is 2.11. The summed E-state index contributed by atoms with van der Waals surface area (Å²) in [7, 11) is 0. The van der Waals surface area contributed by atoms with Crippen LogP contribution < -0.4 is 4.74 Å². The maximum absolute atomic E-state index is 13.0. The summed E-state index contributed by atoms with van der Waals surface area (Å²) in [5, 5.41) is -0.153. The summed E-state index contributed by atoms with van der Waals surface area (Å²) in [6.45, 7) is 1.10. The summed E-state index contributed by atoms with van der Waals surface area (Å²) < 4.78 is 17.9. The van der Waals surface area contributed by atoms with Crippen LogP contribution in [-0.2, 0) is 4.79 Å². The predicted octanol–water partition coefficient (Wildman–Crippen LogP) is 1.65. The molecular weight excluding hydrogens is 225 g/mol. The van der Waals surface area contributed by atoms with Crippen molar-refractivity contribution in [2.45, 2.75) is 6.92 Å².